The Morgan fingerprint density at radius 3 is 2.56 bits per heavy atom. The molecule has 8 heteroatoms. The standard InChI is InChI=1S/C17H18N6O2/c1-9-5-12(8-18-15(9)17(24)25-4)16-19-10(2)6-13(21-16)20-14-7-11(3)22-23-14/h5-8H,1-4H3,(H2,19,20,21,22,23). The molecule has 25 heavy (non-hydrogen) atoms. The maximum Gasteiger partial charge on any atom is 0.356 e. The number of aryl methyl sites for hydroxylation is 3. The fraction of sp³-hybridized carbons (Fsp3) is 0.235. The fourth-order valence-electron chi connectivity index (χ4n) is 2.38. The van der Waals surface area contributed by atoms with Gasteiger partial charge in [0.25, 0.3) is 0 Å². The van der Waals surface area contributed by atoms with Gasteiger partial charge in [-0.25, -0.2) is 19.7 Å². The number of methoxy groups -OCH3 is 1. The van der Waals surface area contributed by atoms with Crippen LogP contribution in [0.25, 0.3) is 11.4 Å². The first-order valence-corrected chi connectivity index (χ1v) is 7.66. The zero-order chi connectivity index (χ0) is 18.0. The van der Waals surface area contributed by atoms with Crippen molar-refractivity contribution >= 4 is 17.6 Å². The molecule has 0 aromatic carbocycles. The molecule has 0 spiro atoms. The van der Waals surface area contributed by atoms with E-state index in [4.69, 9.17) is 4.74 Å². The van der Waals surface area contributed by atoms with Crippen molar-refractivity contribution in [2.75, 3.05) is 12.4 Å². The Morgan fingerprint density at radius 2 is 1.92 bits per heavy atom. The first-order valence-electron chi connectivity index (χ1n) is 7.66. The first kappa shape index (κ1) is 16.6. The van der Waals surface area contributed by atoms with Gasteiger partial charge in [-0.2, -0.15) is 5.10 Å². The molecule has 3 aromatic heterocycles. The highest BCUT2D eigenvalue weighted by atomic mass is 16.5. The van der Waals surface area contributed by atoms with Crippen LogP contribution in [0.15, 0.2) is 24.4 Å². The number of carbonyl (C=O) groups is 1. The minimum atomic E-state index is -0.467. The molecular formula is C17H18N6O2. The van der Waals surface area contributed by atoms with E-state index in [1.54, 1.807) is 13.1 Å². The average Bonchev–Trinajstić information content (AvgIpc) is 2.98. The topological polar surface area (TPSA) is 106 Å². The van der Waals surface area contributed by atoms with Gasteiger partial charge in [-0.15, -0.1) is 0 Å². The zero-order valence-electron chi connectivity index (χ0n) is 14.4. The molecular weight excluding hydrogens is 320 g/mol. The minimum Gasteiger partial charge on any atom is -0.464 e. The van der Waals surface area contributed by atoms with Crippen LogP contribution >= 0.6 is 0 Å². The highest BCUT2D eigenvalue weighted by molar-refractivity contribution is 5.89. The summed E-state index contributed by atoms with van der Waals surface area (Å²) in [6, 6.07) is 5.53. The van der Waals surface area contributed by atoms with E-state index in [1.165, 1.54) is 7.11 Å². The van der Waals surface area contributed by atoms with Gasteiger partial charge in [0, 0.05) is 35.3 Å². The van der Waals surface area contributed by atoms with Gasteiger partial charge in [-0.3, -0.25) is 5.10 Å². The predicted molar refractivity (Wildman–Crippen MR) is 92.7 cm³/mol. The molecule has 0 saturated carbocycles. The largest absolute Gasteiger partial charge is 0.464 e. The lowest BCUT2D eigenvalue weighted by Crippen LogP contribution is -2.07. The van der Waals surface area contributed by atoms with Gasteiger partial charge < -0.3 is 10.1 Å². The number of hydrogen-bond acceptors (Lipinski definition) is 7. The minimum absolute atomic E-state index is 0.282. The van der Waals surface area contributed by atoms with Crippen molar-refractivity contribution in [2.45, 2.75) is 20.8 Å². The number of nitrogens with one attached hydrogen (secondary N) is 2. The third-order valence-electron chi connectivity index (χ3n) is 3.53. The van der Waals surface area contributed by atoms with Crippen molar-refractivity contribution in [1.82, 2.24) is 25.1 Å². The molecule has 0 aliphatic rings. The number of carbonyl (C=O) groups excluding carboxylic acids is 1. The van der Waals surface area contributed by atoms with Crippen molar-refractivity contribution in [3.8, 4) is 11.4 Å². The normalized spacial score (nSPS) is 10.6. The Kier molecular flexibility index (Phi) is 4.42. The Labute approximate surface area is 144 Å². The number of nitrogens with zero attached hydrogens (tertiary/aromatic N) is 4. The summed E-state index contributed by atoms with van der Waals surface area (Å²) in [6.45, 7) is 5.60. The molecule has 0 bridgehead atoms. The summed E-state index contributed by atoms with van der Waals surface area (Å²) < 4.78 is 4.72. The maximum absolute atomic E-state index is 11.7. The molecule has 8 nitrogen and oxygen atoms in total. The van der Waals surface area contributed by atoms with Crippen LogP contribution < -0.4 is 5.32 Å². The van der Waals surface area contributed by atoms with Gasteiger partial charge >= 0.3 is 5.97 Å². The quantitative estimate of drug-likeness (QED) is 0.704. The zero-order valence-corrected chi connectivity index (χ0v) is 14.4. The molecule has 0 aliphatic carbocycles. The number of aromatic amines is 1. The van der Waals surface area contributed by atoms with Crippen LogP contribution in [0.2, 0.25) is 0 Å². The van der Waals surface area contributed by atoms with E-state index in [1.807, 2.05) is 32.0 Å². The number of aromatic nitrogens is 5. The molecule has 0 atom stereocenters. The van der Waals surface area contributed by atoms with E-state index >= 15 is 0 Å². The van der Waals surface area contributed by atoms with Gasteiger partial charge in [0.2, 0.25) is 0 Å². The lowest BCUT2D eigenvalue weighted by molar-refractivity contribution is 0.0593. The van der Waals surface area contributed by atoms with Gasteiger partial charge in [0.1, 0.15) is 5.82 Å². The van der Waals surface area contributed by atoms with Crippen LogP contribution in [0.1, 0.15) is 27.4 Å². The lowest BCUT2D eigenvalue weighted by Gasteiger charge is -2.08. The number of rotatable bonds is 4. The van der Waals surface area contributed by atoms with Crippen molar-refractivity contribution < 1.29 is 9.53 Å². The summed E-state index contributed by atoms with van der Waals surface area (Å²) in [7, 11) is 1.33. The van der Waals surface area contributed by atoms with Gasteiger partial charge in [0.05, 0.1) is 7.11 Å². The molecule has 0 saturated heterocycles. The molecule has 2 N–H and O–H groups in total. The van der Waals surface area contributed by atoms with E-state index in [0.717, 1.165) is 17.0 Å². The number of H-pyrrole nitrogens is 1. The summed E-state index contributed by atoms with van der Waals surface area (Å²) >= 11 is 0. The summed E-state index contributed by atoms with van der Waals surface area (Å²) in [5.41, 5.74) is 3.45. The number of pyridine rings is 1. The Hall–Kier alpha value is -3.29. The molecule has 0 fully saturated rings. The van der Waals surface area contributed by atoms with Crippen LogP contribution in [0.5, 0.6) is 0 Å². The van der Waals surface area contributed by atoms with Gasteiger partial charge in [-0.05, 0) is 32.4 Å². The van der Waals surface area contributed by atoms with Crippen LogP contribution in [-0.4, -0.2) is 38.2 Å². The van der Waals surface area contributed by atoms with Crippen molar-refractivity contribution in [3.63, 3.8) is 0 Å². The van der Waals surface area contributed by atoms with E-state index in [9.17, 15) is 4.79 Å². The number of ether oxygens (including phenoxy) is 1. The Balaban J connectivity index is 1.94. The predicted octanol–water partition coefficient (Wildman–Crippen LogP) is 2.72. The smallest absolute Gasteiger partial charge is 0.356 e. The molecule has 3 rings (SSSR count). The van der Waals surface area contributed by atoms with E-state index < -0.39 is 5.97 Å². The fourth-order valence-corrected chi connectivity index (χ4v) is 2.38. The average molecular weight is 338 g/mol. The van der Waals surface area contributed by atoms with Crippen LogP contribution in [0.3, 0.4) is 0 Å². The van der Waals surface area contributed by atoms with E-state index in [2.05, 4.69) is 30.5 Å². The molecule has 3 aromatic rings. The highest BCUT2D eigenvalue weighted by Crippen LogP contribution is 2.21. The highest BCUT2D eigenvalue weighted by Gasteiger charge is 2.14. The van der Waals surface area contributed by atoms with Gasteiger partial charge in [-0.1, -0.05) is 0 Å². The summed E-state index contributed by atoms with van der Waals surface area (Å²) in [5, 5.41) is 10.1. The van der Waals surface area contributed by atoms with E-state index in [-0.39, 0.29) is 5.69 Å². The number of hydrogen-bond donors (Lipinski definition) is 2. The molecule has 0 unspecified atom stereocenters. The lowest BCUT2D eigenvalue weighted by atomic mass is 10.1. The van der Waals surface area contributed by atoms with Crippen LogP contribution in [0.4, 0.5) is 11.6 Å². The second kappa shape index (κ2) is 6.68. The summed E-state index contributed by atoms with van der Waals surface area (Å²) in [6.07, 6.45) is 1.57. The van der Waals surface area contributed by atoms with Crippen molar-refractivity contribution in [3.05, 3.63) is 47.0 Å². The Bertz CT molecular complexity index is 935. The van der Waals surface area contributed by atoms with E-state index in [0.29, 0.717) is 23.0 Å². The van der Waals surface area contributed by atoms with Crippen molar-refractivity contribution in [1.29, 1.82) is 0 Å². The monoisotopic (exact) mass is 338 g/mol. The Morgan fingerprint density at radius 1 is 1.12 bits per heavy atom. The molecule has 128 valence electrons. The molecule has 3 heterocycles. The SMILES string of the molecule is COC(=O)c1ncc(-c2nc(C)cc(Nc3cc(C)[nH]n3)n2)cc1C. The van der Waals surface area contributed by atoms with Crippen LogP contribution in [-0.2, 0) is 4.74 Å². The number of esters is 1. The third kappa shape index (κ3) is 3.63. The summed E-state index contributed by atoms with van der Waals surface area (Å²) in [4.78, 5) is 24.8. The molecule has 0 amide bonds. The number of anilines is 2. The van der Waals surface area contributed by atoms with Gasteiger partial charge in [0.15, 0.2) is 17.3 Å². The maximum atomic E-state index is 11.7. The van der Waals surface area contributed by atoms with Crippen molar-refractivity contribution in [2.24, 2.45) is 0 Å². The molecule has 0 radical (unpaired) electrons. The second-order valence-corrected chi connectivity index (χ2v) is 5.66. The molecule has 0 aliphatic heterocycles. The third-order valence-corrected chi connectivity index (χ3v) is 3.53. The second-order valence-electron chi connectivity index (χ2n) is 5.66. The van der Waals surface area contributed by atoms with Crippen LogP contribution in [0, 0.1) is 20.8 Å². The summed E-state index contributed by atoms with van der Waals surface area (Å²) in [5.74, 6) is 1.35. The first-order chi connectivity index (χ1) is 12.0.